The molecule has 0 atom stereocenters. The van der Waals surface area contributed by atoms with Crippen molar-refractivity contribution in [1.29, 1.82) is 5.26 Å². The summed E-state index contributed by atoms with van der Waals surface area (Å²) in [5.41, 5.74) is 4.82. The SMILES string of the molecule is COC(=O)COc1ccc(NC(=O)/C(C#N)=C\c2cc(C)n(-c3ccc(OC)cc3)c2C)c(C)c1. The van der Waals surface area contributed by atoms with Crippen LogP contribution in [0.2, 0.25) is 0 Å². The van der Waals surface area contributed by atoms with Crippen molar-refractivity contribution in [3.05, 3.63) is 76.6 Å². The fourth-order valence-electron chi connectivity index (χ4n) is 3.62. The van der Waals surface area contributed by atoms with E-state index in [1.807, 2.05) is 50.2 Å². The molecule has 0 bridgehead atoms. The monoisotopic (exact) mass is 473 g/mol. The van der Waals surface area contributed by atoms with Crippen LogP contribution in [0.15, 0.2) is 54.1 Å². The summed E-state index contributed by atoms with van der Waals surface area (Å²) in [5, 5.41) is 12.4. The van der Waals surface area contributed by atoms with Crippen LogP contribution in [0.4, 0.5) is 5.69 Å². The summed E-state index contributed by atoms with van der Waals surface area (Å²) in [4.78, 5) is 24.1. The summed E-state index contributed by atoms with van der Waals surface area (Å²) in [7, 11) is 2.90. The first-order valence-electron chi connectivity index (χ1n) is 10.8. The highest BCUT2D eigenvalue weighted by Gasteiger charge is 2.15. The van der Waals surface area contributed by atoms with Gasteiger partial charge in [0.05, 0.1) is 14.2 Å². The van der Waals surface area contributed by atoms with E-state index < -0.39 is 11.9 Å². The molecule has 0 aliphatic rings. The van der Waals surface area contributed by atoms with Crippen molar-refractivity contribution in [3.63, 3.8) is 0 Å². The zero-order valence-electron chi connectivity index (χ0n) is 20.3. The lowest BCUT2D eigenvalue weighted by molar-refractivity contribution is -0.142. The van der Waals surface area contributed by atoms with E-state index in [1.54, 1.807) is 38.3 Å². The van der Waals surface area contributed by atoms with Gasteiger partial charge in [0, 0.05) is 22.8 Å². The molecule has 1 N–H and O–H groups in total. The largest absolute Gasteiger partial charge is 0.497 e. The second-order valence-electron chi connectivity index (χ2n) is 7.83. The Hall–Kier alpha value is -4.51. The summed E-state index contributed by atoms with van der Waals surface area (Å²) in [6.07, 6.45) is 1.58. The molecular formula is C27H27N3O5. The minimum atomic E-state index is -0.520. The summed E-state index contributed by atoms with van der Waals surface area (Å²) >= 11 is 0. The topological polar surface area (TPSA) is 103 Å². The fourth-order valence-corrected chi connectivity index (χ4v) is 3.62. The highest BCUT2D eigenvalue weighted by Crippen LogP contribution is 2.25. The number of rotatable bonds is 8. The maximum Gasteiger partial charge on any atom is 0.343 e. The van der Waals surface area contributed by atoms with Gasteiger partial charge >= 0.3 is 5.97 Å². The molecule has 180 valence electrons. The number of hydrogen-bond donors (Lipinski definition) is 1. The normalized spacial score (nSPS) is 10.9. The Balaban J connectivity index is 1.80. The molecular weight excluding hydrogens is 446 g/mol. The molecule has 8 heteroatoms. The van der Waals surface area contributed by atoms with Crippen molar-refractivity contribution in [2.45, 2.75) is 20.8 Å². The van der Waals surface area contributed by atoms with Gasteiger partial charge in [-0.25, -0.2) is 4.79 Å². The van der Waals surface area contributed by atoms with E-state index in [4.69, 9.17) is 9.47 Å². The number of carbonyl (C=O) groups excluding carboxylic acids is 2. The smallest absolute Gasteiger partial charge is 0.343 e. The highest BCUT2D eigenvalue weighted by atomic mass is 16.6. The lowest BCUT2D eigenvalue weighted by atomic mass is 10.1. The van der Waals surface area contributed by atoms with Gasteiger partial charge in [0.2, 0.25) is 0 Å². The number of aromatic nitrogens is 1. The molecule has 0 saturated heterocycles. The Bertz CT molecular complexity index is 1310. The van der Waals surface area contributed by atoms with Crippen LogP contribution in [-0.2, 0) is 14.3 Å². The fraction of sp³-hybridized carbons (Fsp3) is 0.222. The second-order valence-corrected chi connectivity index (χ2v) is 7.83. The van der Waals surface area contributed by atoms with Gasteiger partial charge in [-0.15, -0.1) is 0 Å². The number of methoxy groups -OCH3 is 2. The van der Waals surface area contributed by atoms with Crippen LogP contribution in [0.1, 0.15) is 22.5 Å². The number of ether oxygens (including phenoxy) is 3. The predicted molar refractivity (Wildman–Crippen MR) is 133 cm³/mol. The minimum Gasteiger partial charge on any atom is -0.497 e. The molecule has 0 fully saturated rings. The van der Waals surface area contributed by atoms with Gasteiger partial charge in [-0.05, 0) is 86.5 Å². The Kier molecular flexibility index (Phi) is 7.95. The Morgan fingerprint density at radius 2 is 1.71 bits per heavy atom. The van der Waals surface area contributed by atoms with Crippen molar-refractivity contribution >= 4 is 23.6 Å². The number of aryl methyl sites for hydroxylation is 2. The van der Waals surface area contributed by atoms with Crippen LogP contribution in [-0.4, -0.2) is 37.3 Å². The van der Waals surface area contributed by atoms with Crippen LogP contribution in [0.5, 0.6) is 11.5 Å². The van der Waals surface area contributed by atoms with E-state index in [1.165, 1.54) is 7.11 Å². The quantitative estimate of drug-likeness (QED) is 0.293. The Morgan fingerprint density at radius 3 is 2.31 bits per heavy atom. The zero-order valence-corrected chi connectivity index (χ0v) is 20.3. The summed E-state index contributed by atoms with van der Waals surface area (Å²) in [5.74, 6) is 0.217. The van der Waals surface area contributed by atoms with Gasteiger partial charge < -0.3 is 24.1 Å². The van der Waals surface area contributed by atoms with Gasteiger partial charge in [0.15, 0.2) is 6.61 Å². The number of amides is 1. The number of benzene rings is 2. The first-order valence-corrected chi connectivity index (χ1v) is 10.8. The molecule has 2 aromatic carbocycles. The Morgan fingerprint density at radius 1 is 1.03 bits per heavy atom. The molecule has 8 nitrogen and oxygen atoms in total. The third-order valence-electron chi connectivity index (χ3n) is 5.50. The predicted octanol–water partition coefficient (Wildman–Crippen LogP) is 4.51. The molecule has 0 radical (unpaired) electrons. The standard InChI is InChI=1S/C27H27N3O5/c1-17-12-24(35-16-26(31)34-5)10-11-25(17)29-27(32)21(15-28)14-20-13-18(2)30(19(20)3)22-6-8-23(33-4)9-7-22/h6-14H,16H2,1-5H3,(H,29,32)/b21-14-. The van der Waals surface area contributed by atoms with E-state index in [2.05, 4.69) is 14.6 Å². The molecule has 3 rings (SSSR count). The minimum absolute atomic E-state index is 0.0228. The van der Waals surface area contributed by atoms with Crippen molar-refractivity contribution in [3.8, 4) is 23.3 Å². The number of nitrogens with zero attached hydrogens (tertiary/aromatic N) is 2. The first-order chi connectivity index (χ1) is 16.8. The van der Waals surface area contributed by atoms with Crippen molar-refractivity contribution < 1.29 is 23.8 Å². The number of nitrogens with one attached hydrogen (secondary N) is 1. The van der Waals surface area contributed by atoms with Crippen LogP contribution >= 0.6 is 0 Å². The molecule has 1 heterocycles. The highest BCUT2D eigenvalue weighted by molar-refractivity contribution is 6.10. The molecule has 35 heavy (non-hydrogen) atoms. The maximum absolute atomic E-state index is 12.9. The van der Waals surface area contributed by atoms with Gasteiger partial charge in [0.25, 0.3) is 5.91 Å². The molecule has 1 aromatic heterocycles. The van der Waals surface area contributed by atoms with E-state index >= 15 is 0 Å². The van der Waals surface area contributed by atoms with Gasteiger partial charge in [-0.2, -0.15) is 5.26 Å². The maximum atomic E-state index is 12.9. The van der Waals surface area contributed by atoms with Crippen molar-refractivity contribution in [2.75, 3.05) is 26.1 Å². The first kappa shape index (κ1) is 25.1. The molecule has 0 saturated carbocycles. The lowest BCUT2D eigenvalue weighted by Crippen LogP contribution is -2.15. The van der Waals surface area contributed by atoms with E-state index in [0.29, 0.717) is 11.4 Å². The van der Waals surface area contributed by atoms with Crippen LogP contribution < -0.4 is 14.8 Å². The summed E-state index contributed by atoms with van der Waals surface area (Å²) in [6, 6.07) is 16.6. The number of carbonyl (C=O) groups is 2. The zero-order chi connectivity index (χ0) is 25.5. The van der Waals surface area contributed by atoms with Gasteiger partial charge in [0.1, 0.15) is 23.1 Å². The average molecular weight is 474 g/mol. The van der Waals surface area contributed by atoms with Crippen LogP contribution in [0, 0.1) is 32.1 Å². The summed E-state index contributed by atoms with van der Waals surface area (Å²) in [6.45, 7) is 5.48. The molecule has 0 unspecified atom stereocenters. The molecule has 3 aromatic rings. The van der Waals surface area contributed by atoms with Crippen molar-refractivity contribution in [1.82, 2.24) is 4.57 Å². The van der Waals surface area contributed by atoms with Crippen LogP contribution in [0.25, 0.3) is 11.8 Å². The van der Waals surface area contributed by atoms with E-state index in [0.717, 1.165) is 34.0 Å². The number of hydrogen-bond acceptors (Lipinski definition) is 6. The third-order valence-corrected chi connectivity index (χ3v) is 5.50. The third kappa shape index (κ3) is 5.89. The molecule has 0 spiro atoms. The number of esters is 1. The summed E-state index contributed by atoms with van der Waals surface area (Å²) < 4.78 is 17.2. The van der Waals surface area contributed by atoms with Gasteiger partial charge in [-0.3, -0.25) is 4.79 Å². The van der Waals surface area contributed by atoms with Gasteiger partial charge in [-0.1, -0.05) is 0 Å². The molecule has 1 amide bonds. The lowest BCUT2D eigenvalue weighted by Gasteiger charge is -2.11. The number of nitriles is 1. The molecule has 0 aliphatic heterocycles. The molecule has 0 aliphatic carbocycles. The van der Waals surface area contributed by atoms with E-state index in [-0.39, 0.29) is 12.2 Å². The number of anilines is 1. The van der Waals surface area contributed by atoms with Crippen molar-refractivity contribution in [2.24, 2.45) is 0 Å². The van der Waals surface area contributed by atoms with E-state index in [9.17, 15) is 14.9 Å². The van der Waals surface area contributed by atoms with Crippen LogP contribution in [0.3, 0.4) is 0 Å². The Labute approximate surface area is 204 Å². The average Bonchev–Trinajstić information content (AvgIpc) is 3.14. The second kappa shape index (κ2) is 11.1.